The number of nitrogens with one attached hydrogen (secondary N) is 1. The molecule has 1 aliphatic rings. The number of hydrogen-bond donors (Lipinski definition) is 1. The summed E-state index contributed by atoms with van der Waals surface area (Å²) in [5.41, 5.74) is 1.16. The quantitative estimate of drug-likeness (QED) is 0.756. The van der Waals surface area contributed by atoms with Crippen molar-refractivity contribution in [1.29, 1.82) is 0 Å². The van der Waals surface area contributed by atoms with E-state index in [4.69, 9.17) is 4.74 Å². The Kier molecular flexibility index (Phi) is 7.21. The van der Waals surface area contributed by atoms with E-state index in [0.717, 1.165) is 18.7 Å². The largest absolute Gasteiger partial charge is 0.373 e. The van der Waals surface area contributed by atoms with Gasteiger partial charge in [0.25, 0.3) is 10.2 Å². The van der Waals surface area contributed by atoms with Gasteiger partial charge in [-0.25, -0.2) is 4.72 Å². The first-order chi connectivity index (χ1) is 11.4. The molecule has 1 saturated heterocycles. The van der Waals surface area contributed by atoms with Crippen molar-refractivity contribution in [3.05, 3.63) is 22.4 Å². The molecule has 0 saturated carbocycles. The highest BCUT2D eigenvalue weighted by Gasteiger charge is 2.31. The van der Waals surface area contributed by atoms with Crippen LogP contribution >= 0.6 is 11.3 Å². The van der Waals surface area contributed by atoms with Crippen LogP contribution in [0.5, 0.6) is 0 Å². The van der Waals surface area contributed by atoms with E-state index < -0.39 is 10.2 Å². The van der Waals surface area contributed by atoms with Gasteiger partial charge in [0.05, 0.1) is 12.2 Å². The SMILES string of the molecule is CCN(CC)[C@H](CNS(=O)(=O)N1C[C@@H](C)O[C@H](C)C1)c1ccsc1. The first-order valence-corrected chi connectivity index (χ1v) is 10.9. The number of nitrogens with zero attached hydrogens (tertiary/aromatic N) is 2. The molecular weight excluding hydrogens is 346 g/mol. The van der Waals surface area contributed by atoms with Gasteiger partial charge in [-0.15, -0.1) is 0 Å². The van der Waals surface area contributed by atoms with Crippen LogP contribution < -0.4 is 4.72 Å². The maximum Gasteiger partial charge on any atom is 0.279 e. The lowest BCUT2D eigenvalue weighted by Gasteiger charge is -2.35. The summed E-state index contributed by atoms with van der Waals surface area (Å²) in [6.07, 6.45) is -0.165. The summed E-state index contributed by atoms with van der Waals surface area (Å²) in [7, 11) is -3.51. The molecule has 3 atom stereocenters. The van der Waals surface area contributed by atoms with Gasteiger partial charge in [-0.2, -0.15) is 24.1 Å². The Morgan fingerprint density at radius 2 is 1.96 bits per heavy atom. The lowest BCUT2D eigenvalue weighted by molar-refractivity contribution is -0.0444. The standard InChI is InChI=1S/C16H29N3O3S2/c1-5-18(6-2)16(15-7-8-23-12-15)9-17-24(20,21)19-10-13(3)22-14(4)11-19/h7-8,12-14,16-17H,5-6,9-11H2,1-4H3/t13-,14-,16-/m1/s1. The van der Waals surface area contributed by atoms with Crippen LogP contribution in [-0.4, -0.2) is 62.6 Å². The van der Waals surface area contributed by atoms with Crippen molar-refractivity contribution >= 4 is 21.5 Å². The summed E-state index contributed by atoms with van der Waals surface area (Å²) in [6.45, 7) is 10.9. The molecule has 2 heterocycles. The van der Waals surface area contributed by atoms with Gasteiger partial charge < -0.3 is 4.74 Å². The Morgan fingerprint density at radius 1 is 1.33 bits per heavy atom. The molecule has 1 aromatic rings. The summed E-state index contributed by atoms with van der Waals surface area (Å²) in [5, 5.41) is 4.13. The molecule has 6 nitrogen and oxygen atoms in total. The van der Waals surface area contributed by atoms with Crippen molar-refractivity contribution in [1.82, 2.24) is 13.9 Å². The average Bonchev–Trinajstić information content (AvgIpc) is 3.04. The number of hydrogen-bond acceptors (Lipinski definition) is 5. The Morgan fingerprint density at radius 3 is 2.46 bits per heavy atom. The lowest BCUT2D eigenvalue weighted by Crippen LogP contribution is -2.53. The number of rotatable bonds is 8. The number of morpholine rings is 1. The van der Waals surface area contributed by atoms with Crippen molar-refractivity contribution in [3.63, 3.8) is 0 Å². The van der Waals surface area contributed by atoms with Crippen LogP contribution in [0.3, 0.4) is 0 Å². The molecule has 0 amide bonds. The van der Waals surface area contributed by atoms with Gasteiger partial charge in [0.15, 0.2) is 0 Å². The fourth-order valence-electron chi connectivity index (χ4n) is 3.19. The van der Waals surface area contributed by atoms with Crippen LogP contribution in [0, 0.1) is 0 Å². The van der Waals surface area contributed by atoms with Crippen LogP contribution in [-0.2, 0) is 14.9 Å². The molecule has 0 aliphatic carbocycles. The molecule has 138 valence electrons. The van der Waals surface area contributed by atoms with Crippen molar-refractivity contribution in [3.8, 4) is 0 Å². The van der Waals surface area contributed by atoms with E-state index in [2.05, 4.69) is 34.9 Å². The highest BCUT2D eigenvalue weighted by atomic mass is 32.2. The molecule has 0 radical (unpaired) electrons. The van der Waals surface area contributed by atoms with Gasteiger partial charge >= 0.3 is 0 Å². The molecule has 0 spiro atoms. The fourth-order valence-corrected chi connectivity index (χ4v) is 5.26. The molecule has 1 fully saturated rings. The molecule has 0 unspecified atom stereocenters. The second kappa shape index (κ2) is 8.73. The number of ether oxygens (including phenoxy) is 1. The lowest BCUT2D eigenvalue weighted by atomic mass is 10.1. The van der Waals surface area contributed by atoms with E-state index in [0.29, 0.717) is 19.6 Å². The predicted octanol–water partition coefficient (Wildman–Crippen LogP) is 2.07. The van der Waals surface area contributed by atoms with Crippen LogP contribution in [0.1, 0.15) is 39.3 Å². The predicted molar refractivity (Wildman–Crippen MR) is 98.5 cm³/mol. The van der Waals surface area contributed by atoms with Crippen molar-refractivity contribution < 1.29 is 13.2 Å². The second-order valence-corrected chi connectivity index (χ2v) is 8.76. The van der Waals surface area contributed by atoms with E-state index in [1.54, 1.807) is 11.3 Å². The maximum absolute atomic E-state index is 12.7. The number of likely N-dealkylation sites (N-methyl/N-ethyl adjacent to an activating group) is 1. The molecule has 0 bridgehead atoms. The normalized spacial score (nSPS) is 24.4. The Balaban J connectivity index is 2.07. The van der Waals surface area contributed by atoms with Gasteiger partial charge in [0.1, 0.15) is 0 Å². The van der Waals surface area contributed by atoms with Gasteiger partial charge in [-0.1, -0.05) is 13.8 Å². The smallest absolute Gasteiger partial charge is 0.279 e. The van der Waals surface area contributed by atoms with E-state index in [-0.39, 0.29) is 18.2 Å². The molecule has 24 heavy (non-hydrogen) atoms. The zero-order valence-electron chi connectivity index (χ0n) is 14.9. The van der Waals surface area contributed by atoms with Crippen molar-refractivity contribution in [2.24, 2.45) is 0 Å². The third-order valence-electron chi connectivity index (χ3n) is 4.37. The van der Waals surface area contributed by atoms with Crippen LogP contribution in [0.15, 0.2) is 16.8 Å². The van der Waals surface area contributed by atoms with Crippen molar-refractivity contribution in [2.45, 2.75) is 45.9 Å². The van der Waals surface area contributed by atoms with E-state index in [9.17, 15) is 8.42 Å². The molecule has 1 N–H and O–H groups in total. The average molecular weight is 376 g/mol. The number of thiophene rings is 1. The Bertz CT molecular complexity index is 578. The Hall–Kier alpha value is -0.510. The highest BCUT2D eigenvalue weighted by Crippen LogP contribution is 2.23. The first-order valence-electron chi connectivity index (χ1n) is 8.53. The van der Waals surface area contributed by atoms with Gasteiger partial charge in [0, 0.05) is 25.7 Å². The minimum absolute atomic E-state index is 0.0527. The molecular formula is C16H29N3O3S2. The third kappa shape index (κ3) is 5.00. The fraction of sp³-hybridized carbons (Fsp3) is 0.750. The van der Waals surface area contributed by atoms with Crippen LogP contribution in [0.25, 0.3) is 0 Å². The van der Waals surface area contributed by atoms with Crippen LogP contribution in [0.4, 0.5) is 0 Å². The minimum Gasteiger partial charge on any atom is -0.373 e. The zero-order valence-corrected chi connectivity index (χ0v) is 16.6. The van der Waals surface area contributed by atoms with Gasteiger partial charge in [-0.3, -0.25) is 4.90 Å². The third-order valence-corrected chi connectivity index (χ3v) is 6.58. The second-order valence-electron chi connectivity index (χ2n) is 6.22. The Labute approximate surface area is 150 Å². The summed E-state index contributed by atoms with van der Waals surface area (Å²) in [4.78, 5) is 2.27. The highest BCUT2D eigenvalue weighted by molar-refractivity contribution is 7.87. The maximum atomic E-state index is 12.7. The van der Waals surface area contributed by atoms with E-state index >= 15 is 0 Å². The van der Waals surface area contributed by atoms with Gasteiger partial charge in [-0.05, 0) is 49.3 Å². The molecule has 1 aliphatic heterocycles. The summed E-state index contributed by atoms with van der Waals surface area (Å²) in [6, 6.07) is 2.12. The van der Waals surface area contributed by atoms with E-state index in [1.165, 1.54) is 4.31 Å². The van der Waals surface area contributed by atoms with Gasteiger partial charge in [0.2, 0.25) is 0 Å². The molecule has 1 aromatic heterocycles. The molecule has 2 rings (SSSR count). The first kappa shape index (κ1) is 19.8. The molecule has 0 aromatic carbocycles. The minimum atomic E-state index is -3.51. The summed E-state index contributed by atoms with van der Waals surface area (Å²) >= 11 is 1.64. The van der Waals surface area contributed by atoms with E-state index in [1.807, 2.05) is 19.2 Å². The monoisotopic (exact) mass is 375 g/mol. The summed E-state index contributed by atoms with van der Waals surface area (Å²) in [5.74, 6) is 0. The van der Waals surface area contributed by atoms with Crippen molar-refractivity contribution in [2.75, 3.05) is 32.7 Å². The zero-order chi connectivity index (χ0) is 17.7. The topological polar surface area (TPSA) is 61.9 Å². The molecule has 8 heteroatoms. The van der Waals surface area contributed by atoms with Crippen LogP contribution in [0.2, 0.25) is 0 Å². The summed E-state index contributed by atoms with van der Waals surface area (Å²) < 4.78 is 35.3.